The molecule has 0 aliphatic carbocycles. The van der Waals surface area contributed by atoms with E-state index in [-0.39, 0.29) is 5.75 Å². The maximum Gasteiger partial charge on any atom is 0.461 e. The number of rotatable bonds is 14. The zero-order valence-electron chi connectivity index (χ0n) is 24.3. The molecule has 14 nitrogen and oxygen atoms in total. The van der Waals surface area contributed by atoms with Crippen LogP contribution in [0.3, 0.4) is 0 Å². The third-order valence-electron chi connectivity index (χ3n) is 5.39. The molecule has 0 spiro atoms. The van der Waals surface area contributed by atoms with E-state index in [1.807, 2.05) is 0 Å². The highest BCUT2D eigenvalue weighted by atomic mass is 31.2. The van der Waals surface area contributed by atoms with Crippen LogP contribution in [0.2, 0.25) is 0 Å². The lowest BCUT2D eigenvalue weighted by Gasteiger charge is -2.45. The summed E-state index contributed by atoms with van der Waals surface area (Å²) in [5, 5.41) is 2.44. The van der Waals surface area contributed by atoms with Crippen molar-refractivity contribution in [2.75, 3.05) is 13.7 Å². The number of carbonyl (C=O) groups is 4. The zero-order chi connectivity index (χ0) is 31.6. The van der Waals surface area contributed by atoms with E-state index in [4.69, 9.17) is 37.5 Å². The Kier molecular flexibility index (Phi) is 13.3. The number of alkyl halides is 1. The van der Waals surface area contributed by atoms with Gasteiger partial charge in [0.2, 0.25) is 6.29 Å². The Bertz CT molecular complexity index is 1120. The highest BCUT2D eigenvalue weighted by molar-refractivity contribution is 7.52. The number of halogens is 1. The lowest BCUT2D eigenvalue weighted by Crippen LogP contribution is -2.64. The molecule has 1 aromatic carbocycles. The van der Waals surface area contributed by atoms with Gasteiger partial charge < -0.3 is 32.9 Å². The minimum atomic E-state index is -4.69. The van der Waals surface area contributed by atoms with Gasteiger partial charge in [-0.3, -0.25) is 23.7 Å². The van der Waals surface area contributed by atoms with Crippen LogP contribution < -0.4 is 9.61 Å². The van der Waals surface area contributed by atoms with Gasteiger partial charge in [-0.15, -0.1) is 0 Å². The highest BCUT2D eigenvalue weighted by Gasteiger charge is 2.56. The van der Waals surface area contributed by atoms with Crippen molar-refractivity contribution in [2.24, 2.45) is 0 Å². The van der Waals surface area contributed by atoms with E-state index in [1.54, 1.807) is 32.0 Å². The van der Waals surface area contributed by atoms with Gasteiger partial charge in [0.05, 0.1) is 12.7 Å². The van der Waals surface area contributed by atoms with Gasteiger partial charge in [0.1, 0.15) is 17.9 Å². The molecule has 1 fully saturated rings. The molecule has 236 valence electrons. The topological polar surface area (TPSA) is 171 Å². The minimum absolute atomic E-state index is 0.0335. The van der Waals surface area contributed by atoms with Crippen molar-refractivity contribution in [3.05, 3.63) is 30.3 Å². The Morgan fingerprint density at radius 1 is 0.929 bits per heavy atom. The molecule has 0 amide bonds. The molecule has 8 atom stereocenters. The maximum atomic E-state index is 15.4. The molecule has 1 heterocycles. The first-order valence-corrected chi connectivity index (χ1v) is 14.5. The van der Waals surface area contributed by atoms with Crippen LogP contribution in [-0.2, 0) is 56.7 Å². The van der Waals surface area contributed by atoms with Crippen LogP contribution in [0.15, 0.2) is 30.3 Å². The normalized spacial score (nSPS) is 24.9. The number of benzene rings is 1. The lowest BCUT2D eigenvalue weighted by molar-refractivity contribution is -0.295. The highest BCUT2D eigenvalue weighted by Crippen LogP contribution is 2.48. The van der Waals surface area contributed by atoms with Crippen LogP contribution in [0.1, 0.15) is 41.5 Å². The van der Waals surface area contributed by atoms with Gasteiger partial charge >= 0.3 is 31.6 Å². The summed E-state index contributed by atoms with van der Waals surface area (Å²) in [5.41, 5.74) is 0. The fourth-order valence-electron chi connectivity index (χ4n) is 3.89. The largest absolute Gasteiger partial charge is 0.462 e. The first-order chi connectivity index (χ1) is 19.7. The van der Waals surface area contributed by atoms with Gasteiger partial charge in [-0.05, 0) is 32.9 Å². The molecule has 1 aliphatic rings. The summed E-state index contributed by atoms with van der Waals surface area (Å²) in [5.74, 6) is -3.51. The Morgan fingerprint density at radius 2 is 1.48 bits per heavy atom. The van der Waals surface area contributed by atoms with Crippen molar-refractivity contribution in [1.29, 1.82) is 0 Å². The molecule has 1 aromatic rings. The Morgan fingerprint density at radius 3 is 2.00 bits per heavy atom. The Balaban J connectivity index is 2.60. The molecule has 2 rings (SSSR count). The Hall–Kier alpha value is -3.10. The first-order valence-electron chi connectivity index (χ1n) is 13.0. The molecule has 1 aliphatic heterocycles. The van der Waals surface area contributed by atoms with Crippen LogP contribution in [0.5, 0.6) is 5.75 Å². The van der Waals surface area contributed by atoms with Crippen molar-refractivity contribution >= 4 is 31.6 Å². The third-order valence-corrected chi connectivity index (χ3v) is 7.03. The SMILES string of the molecule is COC[C@H](F)C1O[C@@H](O[P@@](=O)(N[C@@H](C)C(=O)OC(C)C)Oc2ccccc2)C(OC(C)=O)C(OC(C)=O)[C@@H]1OC(C)=O. The van der Waals surface area contributed by atoms with Crippen molar-refractivity contribution < 1.29 is 65.6 Å². The van der Waals surface area contributed by atoms with Crippen LogP contribution in [0.4, 0.5) is 4.39 Å². The number of hydrogen-bond acceptors (Lipinski definition) is 13. The number of esters is 4. The fourth-order valence-corrected chi connectivity index (χ4v) is 5.47. The van der Waals surface area contributed by atoms with Gasteiger partial charge in [-0.1, -0.05) is 18.2 Å². The molecule has 42 heavy (non-hydrogen) atoms. The molecular formula is C26H37FNO13P. The second kappa shape index (κ2) is 15.9. The van der Waals surface area contributed by atoms with Gasteiger partial charge in [0.15, 0.2) is 24.5 Å². The number of nitrogens with one attached hydrogen (secondary N) is 1. The number of ether oxygens (including phenoxy) is 6. The van der Waals surface area contributed by atoms with E-state index in [0.29, 0.717) is 0 Å². The minimum Gasteiger partial charge on any atom is -0.462 e. The van der Waals surface area contributed by atoms with E-state index < -0.39 is 87.3 Å². The van der Waals surface area contributed by atoms with E-state index in [2.05, 4.69) is 5.09 Å². The van der Waals surface area contributed by atoms with Crippen molar-refractivity contribution in [3.63, 3.8) is 0 Å². The van der Waals surface area contributed by atoms with Crippen molar-refractivity contribution in [1.82, 2.24) is 5.09 Å². The van der Waals surface area contributed by atoms with Crippen LogP contribution in [0, 0.1) is 0 Å². The number of methoxy groups -OCH3 is 1. The predicted octanol–water partition coefficient (Wildman–Crippen LogP) is 2.62. The monoisotopic (exact) mass is 621 g/mol. The molecule has 0 saturated carbocycles. The summed E-state index contributed by atoms with van der Waals surface area (Å²) in [6.45, 7) is 7.06. The van der Waals surface area contributed by atoms with Crippen LogP contribution >= 0.6 is 7.75 Å². The molecule has 0 aromatic heterocycles. The molecule has 16 heteroatoms. The molecule has 1 saturated heterocycles. The smallest absolute Gasteiger partial charge is 0.461 e. The number of hydrogen-bond donors (Lipinski definition) is 1. The van der Waals surface area contributed by atoms with E-state index in [9.17, 15) is 23.7 Å². The van der Waals surface area contributed by atoms with Crippen LogP contribution in [0.25, 0.3) is 0 Å². The summed E-state index contributed by atoms with van der Waals surface area (Å²) in [6, 6.07) is 6.42. The predicted molar refractivity (Wildman–Crippen MR) is 142 cm³/mol. The Labute approximate surface area is 243 Å². The standard InChI is InChI=1S/C26H37FNO13P/c1-14(2)35-25(32)15(3)28-42(33,40-19-11-9-8-10-12-19)41-26-24(38-18(6)31)23(37-17(5)30)22(36-16(4)29)21(39-26)20(27)13-34-7/h8-12,14-15,20-24,26H,13H2,1-7H3,(H,28,33)/t15-,20-,21?,22+,23?,24?,26-,42+/m0/s1. The average Bonchev–Trinajstić information content (AvgIpc) is 2.86. The van der Waals surface area contributed by atoms with E-state index >= 15 is 4.39 Å². The zero-order valence-corrected chi connectivity index (χ0v) is 25.2. The molecule has 0 bridgehead atoms. The summed E-state index contributed by atoms with van der Waals surface area (Å²) < 4.78 is 72.5. The van der Waals surface area contributed by atoms with Crippen molar-refractivity contribution in [2.45, 2.75) is 90.6 Å². The van der Waals surface area contributed by atoms with Gasteiger partial charge in [-0.25, -0.2) is 8.96 Å². The second-order valence-electron chi connectivity index (χ2n) is 9.51. The van der Waals surface area contributed by atoms with Gasteiger partial charge in [0, 0.05) is 27.9 Å². The first kappa shape index (κ1) is 35.1. The molecule has 1 N–H and O–H groups in total. The second-order valence-corrected chi connectivity index (χ2v) is 11.2. The number of carbonyl (C=O) groups excluding carboxylic acids is 4. The summed E-state index contributed by atoms with van der Waals surface area (Å²) >= 11 is 0. The summed E-state index contributed by atoms with van der Waals surface area (Å²) in [7, 11) is -3.49. The average molecular weight is 622 g/mol. The van der Waals surface area contributed by atoms with E-state index in [0.717, 1.165) is 20.8 Å². The lowest BCUT2D eigenvalue weighted by atomic mass is 9.95. The summed E-state index contributed by atoms with van der Waals surface area (Å²) in [6.07, 6.45) is -11.3. The van der Waals surface area contributed by atoms with E-state index in [1.165, 1.54) is 26.2 Å². The third kappa shape index (κ3) is 10.6. The van der Waals surface area contributed by atoms with Gasteiger partial charge in [0.25, 0.3) is 0 Å². The molecular weight excluding hydrogens is 584 g/mol. The van der Waals surface area contributed by atoms with Gasteiger partial charge in [-0.2, -0.15) is 5.09 Å². The van der Waals surface area contributed by atoms with Crippen LogP contribution in [-0.4, -0.2) is 86.6 Å². The number of para-hydroxylation sites is 1. The fraction of sp³-hybridized carbons (Fsp3) is 0.615. The maximum absolute atomic E-state index is 15.4. The molecule has 0 radical (unpaired) electrons. The quantitative estimate of drug-likeness (QED) is 0.183. The van der Waals surface area contributed by atoms with Crippen molar-refractivity contribution in [3.8, 4) is 5.75 Å². The molecule has 3 unspecified atom stereocenters. The summed E-state index contributed by atoms with van der Waals surface area (Å²) in [4.78, 5) is 48.7.